The molecule has 1 aliphatic carbocycles. The van der Waals surface area contributed by atoms with Gasteiger partial charge >= 0.3 is 6.09 Å². The molecule has 1 unspecified atom stereocenters. The first-order valence-electron chi connectivity index (χ1n) is 13.6. The SMILES string of the molecule is COC(=O)N1Cc2ccc(NC(=O)C3CCCCC3)cc2N(C(=O)Cc2cnc[nH]2)CC1Cc1ccccc1. The Hall–Kier alpha value is -4.14. The highest BCUT2D eigenvalue weighted by molar-refractivity contribution is 5.98. The van der Waals surface area contributed by atoms with Crippen LogP contribution in [0.1, 0.15) is 48.9 Å². The number of methoxy groups -OCH3 is 1. The molecular weight excluding hydrogens is 494 g/mol. The minimum atomic E-state index is -0.445. The lowest BCUT2D eigenvalue weighted by atomic mass is 9.88. The van der Waals surface area contributed by atoms with E-state index in [2.05, 4.69) is 15.3 Å². The lowest BCUT2D eigenvalue weighted by molar-refractivity contribution is -0.120. The summed E-state index contributed by atoms with van der Waals surface area (Å²) >= 11 is 0. The average Bonchev–Trinajstić information content (AvgIpc) is 3.42. The van der Waals surface area contributed by atoms with Gasteiger partial charge in [0.2, 0.25) is 11.8 Å². The number of H-pyrrole nitrogens is 1. The van der Waals surface area contributed by atoms with Crippen molar-refractivity contribution in [2.75, 3.05) is 23.9 Å². The first-order valence-corrected chi connectivity index (χ1v) is 13.6. The van der Waals surface area contributed by atoms with Gasteiger partial charge in [-0.1, -0.05) is 55.7 Å². The molecule has 0 radical (unpaired) electrons. The largest absolute Gasteiger partial charge is 0.453 e. The molecule has 1 aromatic heterocycles. The molecule has 2 N–H and O–H groups in total. The minimum Gasteiger partial charge on any atom is -0.453 e. The lowest BCUT2D eigenvalue weighted by Crippen LogP contribution is -2.47. The maximum absolute atomic E-state index is 13.8. The number of hydrogen-bond acceptors (Lipinski definition) is 5. The van der Waals surface area contributed by atoms with E-state index in [1.54, 1.807) is 22.3 Å². The van der Waals surface area contributed by atoms with E-state index in [4.69, 9.17) is 4.74 Å². The van der Waals surface area contributed by atoms with Gasteiger partial charge in [-0.3, -0.25) is 14.5 Å². The third-order valence-corrected chi connectivity index (χ3v) is 7.72. The number of hydrogen-bond donors (Lipinski definition) is 2. The Morgan fingerprint density at radius 1 is 1.08 bits per heavy atom. The highest BCUT2D eigenvalue weighted by atomic mass is 16.5. The van der Waals surface area contributed by atoms with Crippen LogP contribution in [0.15, 0.2) is 61.1 Å². The zero-order chi connectivity index (χ0) is 27.2. The number of imidazole rings is 1. The minimum absolute atomic E-state index is 0.0146. The zero-order valence-electron chi connectivity index (χ0n) is 22.3. The van der Waals surface area contributed by atoms with Gasteiger partial charge in [0.25, 0.3) is 0 Å². The molecule has 2 aromatic carbocycles. The van der Waals surface area contributed by atoms with Crippen LogP contribution in [0, 0.1) is 5.92 Å². The van der Waals surface area contributed by atoms with Gasteiger partial charge in [0.15, 0.2) is 0 Å². The molecule has 1 aliphatic heterocycles. The first kappa shape index (κ1) is 26.5. The summed E-state index contributed by atoms with van der Waals surface area (Å²) in [6.45, 7) is 0.564. The summed E-state index contributed by atoms with van der Waals surface area (Å²) in [6, 6.07) is 15.2. The summed E-state index contributed by atoms with van der Waals surface area (Å²) in [6.07, 6.45) is 8.57. The Morgan fingerprint density at radius 2 is 1.87 bits per heavy atom. The number of rotatable bonds is 6. The van der Waals surface area contributed by atoms with Gasteiger partial charge in [0, 0.05) is 30.0 Å². The maximum Gasteiger partial charge on any atom is 0.410 e. The second kappa shape index (κ2) is 12.1. The first-order chi connectivity index (χ1) is 19.0. The molecule has 3 aromatic rings. The quantitative estimate of drug-likeness (QED) is 0.481. The van der Waals surface area contributed by atoms with Crippen molar-refractivity contribution in [1.82, 2.24) is 14.9 Å². The average molecular weight is 530 g/mol. The molecule has 9 heteroatoms. The summed E-state index contributed by atoms with van der Waals surface area (Å²) in [5.41, 5.74) is 3.91. The molecule has 1 atom stereocenters. The normalized spacial score (nSPS) is 17.7. The predicted octanol–water partition coefficient (Wildman–Crippen LogP) is 4.70. The number of aromatic amines is 1. The molecule has 5 rings (SSSR count). The molecular formula is C30H35N5O4. The number of anilines is 2. The van der Waals surface area contributed by atoms with Gasteiger partial charge in [0.1, 0.15) is 0 Å². The van der Waals surface area contributed by atoms with Gasteiger partial charge in [-0.15, -0.1) is 0 Å². The van der Waals surface area contributed by atoms with E-state index in [-0.39, 0.29) is 43.3 Å². The number of ether oxygens (including phenoxy) is 1. The molecule has 3 amide bonds. The predicted molar refractivity (Wildman–Crippen MR) is 148 cm³/mol. The smallest absolute Gasteiger partial charge is 0.410 e. The summed E-state index contributed by atoms with van der Waals surface area (Å²) < 4.78 is 5.17. The molecule has 2 aliphatic rings. The summed E-state index contributed by atoms with van der Waals surface area (Å²) in [5.74, 6) is -0.0847. The fraction of sp³-hybridized carbons (Fsp3) is 0.400. The number of aromatic nitrogens is 2. The van der Waals surface area contributed by atoms with Crippen LogP contribution in [0.3, 0.4) is 0 Å². The van der Waals surface area contributed by atoms with Crippen LogP contribution in [0.25, 0.3) is 0 Å². The van der Waals surface area contributed by atoms with Crippen molar-refractivity contribution in [2.24, 2.45) is 5.92 Å². The number of nitrogens with zero attached hydrogens (tertiary/aromatic N) is 3. The van der Waals surface area contributed by atoms with E-state index in [0.29, 0.717) is 23.5 Å². The van der Waals surface area contributed by atoms with E-state index in [9.17, 15) is 14.4 Å². The van der Waals surface area contributed by atoms with Crippen molar-refractivity contribution in [1.29, 1.82) is 0 Å². The topological polar surface area (TPSA) is 108 Å². The Balaban J connectivity index is 1.48. The number of nitrogens with one attached hydrogen (secondary N) is 2. The van der Waals surface area contributed by atoms with Crippen LogP contribution in [0.4, 0.5) is 16.2 Å². The number of carbonyl (C=O) groups is 3. The summed E-state index contributed by atoms with van der Waals surface area (Å²) in [5, 5.41) is 3.09. The standard InChI is InChI=1S/C30H35N5O4/c1-39-30(38)34-18-23-12-13-24(33-29(37)22-10-6-3-7-11-22)15-27(23)35(28(36)16-25-17-31-20-32-25)19-26(34)14-21-8-4-2-5-9-21/h2,4-5,8-9,12-13,15,17,20,22,26H,3,6-7,10-11,14,16,18-19H2,1H3,(H,31,32)(H,33,37). The zero-order valence-corrected chi connectivity index (χ0v) is 22.3. The molecule has 204 valence electrons. The van der Waals surface area contributed by atoms with E-state index >= 15 is 0 Å². The van der Waals surface area contributed by atoms with Gasteiger partial charge in [0.05, 0.1) is 38.1 Å². The second-order valence-corrected chi connectivity index (χ2v) is 10.4. The van der Waals surface area contributed by atoms with Crippen LogP contribution >= 0.6 is 0 Å². The van der Waals surface area contributed by atoms with Crippen LogP contribution in [0.5, 0.6) is 0 Å². The van der Waals surface area contributed by atoms with Crippen molar-refractivity contribution in [2.45, 2.75) is 57.5 Å². The highest BCUT2D eigenvalue weighted by Crippen LogP contribution is 2.33. The molecule has 0 saturated heterocycles. The number of fused-ring (bicyclic) bond motifs is 1. The third-order valence-electron chi connectivity index (χ3n) is 7.72. The third kappa shape index (κ3) is 6.30. The second-order valence-electron chi connectivity index (χ2n) is 10.4. The molecule has 39 heavy (non-hydrogen) atoms. The van der Waals surface area contributed by atoms with Crippen molar-refractivity contribution < 1.29 is 19.1 Å². The van der Waals surface area contributed by atoms with Crippen LogP contribution in [0.2, 0.25) is 0 Å². The Morgan fingerprint density at radius 3 is 2.59 bits per heavy atom. The molecule has 9 nitrogen and oxygen atoms in total. The number of amides is 3. The van der Waals surface area contributed by atoms with Crippen LogP contribution in [-0.2, 0) is 33.7 Å². The summed E-state index contributed by atoms with van der Waals surface area (Å²) in [4.78, 5) is 50.2. The van der Waals surface area contributed by atoms with Gasteiger partial charge in [-0.05, 0) is 42.5 Å². The van der Waals surface area contributed by atoms with E-state index in [0.717, 1.165) is 36.8 Å². The van der Waals surface area contributed by atoms with E-state index in [1.165, 1.54) is 13.5 Å². The number of benzene rings is 2. The Labute approximate surface area is 228 Å². The van der Waals surface area contributed by atoms with E-state index < -0.39 is 6.09 Å². The van der Waals surface area contributed by atoms with Gasteiger partial charge in [-0.25, -0.2) is 9.78 Å². The van der Waals surface area contributed by atoms with Crippen molar-refractivity contribution in [3.8, 4) is 0 Å². The summed E-state index contributed by atoms with van der Waals surface area (Å²) in [7, 11) is 1.37. The van der Waals surface area contributed by atoms with Crippen molar-refractivity contribution in [3.63, 3.8) is 0 Å². The molecule has 1 fully saturated rings. The fourth-order valence-electron chi connectivity index (χ4n) is 5.62. The molecule has 0 spiro atoms. The molecule has 1 saturated carbocycles. The Bertz CT molecular complexity index is 1290. The van der Waals surface area contributed by atoms with Crippen LogP contribution < -0.4 is 10.2 Å². The van der Waals surface area contributed by atoms with Crippen LogP contribution in [-0.4, -0.2) is 52.5 Å². The highest BCUT2D eigenvalue weighted by Gasteiger charge is 2.34. The lowest BCUT2D eigenvalue weighted by Gasteiger charge is -2.31. The molecule has 0 bridgehead atoms. The van der Waals surface area contributed by atoms with E-state index in [1.807, 2.05) is 48.5 Å². The molecule has 2 heterocycles. The van der Waals surface area contributed by atoms with Crippen molar-refractivity contribution in [3.05, 3.63) is 77.9 Å². The fourth-order valence-corrected chi connectivity index (χ4v) is 5.62. The van der Waals surface area contributed by atoms with Gasteiger partial charge < -0.3 is 19.9 Å². The Kier molecular flexibility index (Phi) is 8.24. The van der Waals surface area contributed by atoms with Gasteiger partial charge in [-0.2, -0.15) is 0 Å². The van der Waals surface area contributed by atoms with Crippen molar-refractivity contribution >= 4 is 29.3 Å². The monoisotopic (exact) mass is 529 g/mol. The maximum atomic E-state index is 13.8. The number of carbonyl (C=O) groups excluding carboxylic acids is 3.